The van der Waals surface area contributed by atoms with Gasteiger partial charge >= 0.3 is 0 Å². The molecule has 0 fully saturated rings. The third-order valence-electron chi connectivity index (χ3n) is 2.02. The lowest BCUT2D eigenvalue weighted by Crippen LogP contribution is -2.24. The van der Waals surface area contributed by atoms with Gasteiger partial charge in [0.1, 0.15) is 0 Å². The molecule has 0 unspecified atom stereocenters. The number of aromatic nitrogens is 3. The molecule has 2 rings (SSSR count). The van der Waals surface area contributed by atoms with Crippen molar-refractivity contribution in [3.63, 3.8) is 0 Å². The highest BCUT2D eigenvalue weighted by Crippen LogP contribution is 2.03. The van der Waals surface area contributed by atoms with Crippen LogP contribution in [0.25, 0.3) is 5.69 Å². The van der Waals surface area contributed by atoms with Crippen molar-refractivity contribution in [1.82, 2.24) is 20.5 Å². The molecular formula is C11H12N4O2. The van der Waals surface area contributed by atoms with Crippen molar-refractivity contribution < 1.29 is 9.63 Å². The Morgan fingerprint density at radius 1 is 1.41 bits per heavy atom. The summed E-state index contributed by atoms with van der Waals surface area (Å²) in [5.74, 6) is -0.408. The zero-order chi connectivity index (χ0) is 12.1. The van der Waals surface area contributed by atoms with Gasteiger partial charge in [0.25, 0.3) is 5.91 Å². The van der Waals surface area contributed by atoms with Gasteiger partial charge < -0.3 is 0 Å². The predicted molar refractivity (Wildman–Crippen MR) is 60.5 cm³/mol. The summed E-state index contributed by atoms with van der Waals surface area (Å²) < 4.78 is 0. The summed E-state index contributed by atoms with van der Waals surface area (Å²) in [6.45, 7) is 2.18. The smallest absolute Gasteiger partial charge is 0.274 e. The van der Waals surface area contributed by atoms with Crippen LogP contribution in [-0.4, -0.2) is 27.5 Å². The summed E-state index contributed by atoms with van der Waals surface area (Å²) in [7, 11) is 0. The van der Waals surface area contributed by atoms with E-state index >= 15 is 0 Å². The maximum Gasteiger partial charge on any atom is 0.297 e. The third kappa shape index (κ3) is 2.67. The number of nitrogens with zero attached hydrogens (tertiary/aromatic N) is 3. The van der Waals surface area contributed by atoms with Gasteiger partial charge in [0.15, 0.2) is 5.69 Å². The first kappa shape index (κ1) is 11.3. The summed E-state index contributed by atoms with van der Waals surface area (Å²) >= 11 is 0. The van der Waals surface area contributed by atoms with E-state index in [1.54, 1.807) is 6.92 Å². The number of hydroxylamine groups is 1. The SMILES string of the molecule is CCONC(=O)c1cnn(-c2ccccc2)n1. The molecule has 0 radical (unpaired) electrons. The van der Waals surface area contributed by atoms with Crippen LogP contribution in [0.4, 0.5) is 0 Å². The number of para-hydroxylation sites is 1. The highest BCUT2D eigenvalue weighted by atomic mass is 16.6. The van der Waals surface area contributed by atoms with E-state index in [2.05, 4.69) is 15.7 Å². The molecule has 0 bridgehead atoms. The molecule has 6 nitrogen and oxygen atoms in total. The second-order valence-electron chi connectivity index (χ2n) is 3.22. The summed E-state index contributed by atoms with van der Waals surface area (Å²) in [4.78, 5) is 17.7. The van der Waals surface area contributed by atoms with E-state index in [0.29, 0.717) is 6.61 Å². The lowest BCUT2D eigenvalue weighted by Gasteiger charge is -2.00. The first-order valence-corrected chi connectivity index (χ1v) is 5.21. The van der Waals surface area contributed by atoms with Crippen molar-refractivity contribution in [2.75, 3.05) is 6.61 Å². The van der Waals surface area contributed by atoms with E-state index in [4.69, 9.17) is 4.84 Å². The zero-order valence-electron chi connectivity index (χ0n) is 9.33. The molecule has 0 spiro atoms. The molecular weight excluding hydrogens is 220 g/mol. The van der Waals surface area contributed by atoms with E-state index in [1.807, 2.05) is 30.3 Å². The predicted octanol–water partition coefficient (Wildman–Crippen LogP) is 0.949. The van der Waals surface area contributed by atoms with Crippen LogP contribution >= 0.6 is 0 Å². The Bertz CT molecular complexity index is 495. The lowest BCUT2D eigenvalue weighted by molar-refractivity contribution is 0.0359. The molecule has 1 amide bonds. The number of amides is 1. The van der Waals surface area contributed by atoms with Gasteiger partial charge in [-0.1, -0.05) is 18.2 Å². The normalized spacial score (nSPS) is 10.2. The van der Waals surface area contributed by atoms with Gasteiger partial charge in [0, 0.05) is 0 Å². The molecule has 0 saturated carbocycles. The maximum absolute atomic E-state index is 11.5. The van der Waals surface area contributed by atoms with Crippen LogP contribution in [0.2, 0.25) is 0 Å². The molecule has 1 aromatic carbocycles. The van der Waals surface area contributed by atoms with Gasteiger partial charge in [-0.3, -0.25) is 9.63 Å². The molecule has 17 heavy (non-hydrogen) atoms. The van der Waals surface area contributed by atoms with Crippen LogP contribution in [0.1, 0.15) is 17.4 Å². The number of benzene rings is 1. The van der Waals surface area contributed by atoms with Crippen molar-refractivity contribution in [2.24, 2.45) is 0 Å². The number of rotatable bonds is 4. The average molecular weight is 232 g/mol. The molecule has 1 N–H and O–H groups in total. The molecule has 0 aliphatic heterocycles. The monoisotopic (exact) mass is 232 g/mol. The molecule has 2 aromatic rings. The molecule has 0 atom stereocenters. The van der Waals surface area contributed by atoms with Gasteiger partial charge in [-0.25, -0.2) is 5.48 Å². The van der Waals surface area contributed by atoms with Crippen molar-refractivity contribution >= 4 is 5.91 Å². The van der Waals surface area contributed by atoms with Crippen LogP contribution in [0.5, 0.6) is 0 Å². The topological polar surface area (TPSA) is 69.0 Å². The minimum Gasteiger partial charge on any atom is -0.274 e. The molecule has 6 heteroatoms. The Kier molecular flexibility index (Phi) is 3.46. The van der Waals surface area contributed by atoms with Gasteiger partial charge in [-0.2, -0.15) is 9.90 Å². The van der Waals surface area contributed by atoms with Gasteiger partial charge in [0.05, 0.1) is 18.5 Å². The number of hydrogen-bond acceptors (Lipinski definition) is 4. The summed E-state index contributed by atoms with van der Waals surface area (Å²) in [5.41, 5.74) is 3.26. The second kappa shape index (κ2) is 5.22. The fraction of sp³-hybridized carbons (Fsp3) is 0.182. The van der Waals surface area contributed by atoms with Crippen molar-refractivity contribution in [3.8, 4) is 5.69 Å². The lowest BCUT2D eigenvalue weighted by atomic mass is 10.3. The van der Waals surface area contributed by atoms with E-state index in [9.17, 15) is 4.79 Å². The Morgan fingerprint density at radius 2 is 2.18 bits per heavy atom. The molecule has 0 aliphatic rings. The molecule has 1 aromatic heterocycles. The Morgan fingerprint density at radius 3 is 2.88 bits per heavy atom. The first-order chi connectivity index (χ1) is 8.31. The highest BCUT2D eigenvalue weighted by Gasteiger charge is 2.10. The van der Waals surface area contributed by atoms with Crippen LogP contribution in [-0.2, 0) is 4.84 Å². The van der Waals surface area contributed by atoms with Crippen LogP contribution in [0, 0.1) is 0 Å². The van der Waals surface area contributed by atoms with Gasteiger partial charge in [-0.05, 0) is 19.1 Å². The fourth-order valence-corrected chi connectivity index (χ4v) is 1.24. The molecule has 1 heterocycles. The Labute approximate surface area is 98.2 Å². The molecule has 88 valence electrons. The van der Waals surface area contributed by atoms with E-state index in [0.717, 1.165) is 5.69 Å². The van der Waals surface area contributed by atoms with E-state index in [1.165, 1.54) is 11.0 Å². The summed E-state index contributed by atoms with van der Waals surface area (Å²) in [6, 6.07) is 9.35. The third-order valence-corrected chi connectivity index (χ3v) is 2.02. The summed E-state index contributed by atoms with van der Waals surface area (Å²) in [6.07, 6.45) is 1.39. The van der Waals surface area contributed by atoms with E-state index < -0.39 is 5.91 Å². The van der Waals surface area contributed by atoms with Crippen LogP contribution < -0.4 is 5.48 Å². The average Bonchev–Trinajstić information content (AvgIpc) is 2.86. The quantitative estimate of drug-likeness (QED) is 0.797. The minimum atomic E-state index is -0.408. The fourth-order valence-electron chi connectivity index (χ4n) is 1.24. The largest absolute Gasteiger partial charge is 0.297 e. The minimum absolute atomic E-state index is 0.210. The molecule has 0 saturated heterocycles. The number of hydrogen-bond donors (Lipinski definition) is 1. The van der Waals surface area contributed by atoms with Crippen molar-refractivity contribution in [2.45, 2.75) is 6.92 Å². The first-order valence-electron chi connectivity index (χ1n) is 5.21. The van der Waals surface area contributed by atoms with Crippen LogP contribution in [0.3, 0.4) is 0 Å². The number of nitrogens with one attached hydrogen (secondary N) is 1. The second-order valence-corrected chi connectivity index (χ2v) is 3.22. The van der Waals surface area contributed by atoms with Gasteiger partial charge in [-0.15, -0.1) is 5.10 Å². The van der Waals surface area contributed by atoms with E-state index in [-0.39, 0.29) is 5.69 Å². The number of carbonyl (C=O) groups is 1. The van der Waals surface area contributed by atoms with Gasteiger partial charge in [0.2, 0.25) is 0 Å². The number of carbonyl (C=O) groups excluding carboxylic acids is 1. The highest BCUT2D eigenvalue weighted by molar-refractivity contribution is 5.91. The summed E-state index contributed by atoms with van der Waals surface area (Å²) in [5, 5.41) is 8.05. The molecule has 0 aliphatic carbocycles. The Hall–Kier alpha value is -2.21. The van der Waals surface area contributed by atoms with Crippen molar-refractivity contribution in [1.29, 1.82) is 0 Å². The maximum atomic E-state index is 11.5. The van der Waals surface area contributed by atoms with Crippen LogP contribution in [0.15, 0.2) is 36.5 Å². The van der Waals surface area contributed by atoms with Crippen molar-refractivity contribution in [3.05, 3.63) is 42.2 Å². The Balaban J connectivity index is 2.14. The zero-order valence-corrected chi connectivity index (χ0v) is 9.33. The standard InChI is InChI=1S/C11H12N4O2/c1-2-17-14-11(16)10-8-12-15(13-10)9-6-4-3-5-7-9/h3-8H,2H2,1H3,(H,14,16).